The number of aliphatic hydroxyl groups excluding tert-OH is 1. The molecule has 0 radical (unpaired) electrons. The molecule has 2 aromatic carbocycles. The smallest absolute Gasteiger partial charge is 0.251 e. The van der Waals surface area contributed by atoms with Gasteiger partial charge in [0.1, 0.15) is 5.75 Å². The van der Waals surface area contributed by atoms with Crippen LogP contribution in [0.1, 0.15) is 48.0 Å². The Morgan fingerprint density at radius 1 is 1.19 bits per heavy atom. The highest BCUT2D eigenvalue weighted by molar-refractivity contribution is 5.94. The van der Waals surface area contributed by atoms with Crippen LogP contribution in [0.5, 0.6) is 5.75 Å². The lowest BCUT2D eigenvalue weighted by molar-refractivity contribution is -0.0482. The predicted molar refractivity (Wildman–Crippen MR) is 125 cm³/mol. The van der Waals surface area contributed by atoms with Crippen molar-refractivity contribution in [1.82, 2.24) is 10.2 Å². The van der Waals surface area contributed by atoms with Crippen LogP contribution in [0.15, 0.2) is 54.6 Å². The molecule has 5 rings (SSSR count). The Labute approximate surface area is 190 Å². The average molecular weight is 435 g/mol. The summed E-state index contributed by atoms with van der Waals surface area (Å²) in [4.78, 5) is 15.4. The van der Waals surface area contributed by atoms with Crippen LogP contribution in [0.2, 0.25) is 0 Å². The maximum absolute atomic E-state index is 12.9. The van der Waals surface area contributed by atoms with Gasteiger partial charge in [-0.05, 0) is 74.4 Å². The largest absolute Gasteiger partial charge is 0.497 e. The fourth-order valence-electron chi connectivity index (χ4n) is 6.02. The number of ether oxygens (including phenoxy) is 1. The van der Waals surface area contributed by atoms with Gasteiger partial charge in [-0.1, -0.05) is 30.3 Å². The van der Waals surface area contributed by atoms with Gasteiger partial charge >= 0.3 is 0 Å². The Morgan fingerprint density at radius 2 is 2.00 bits per heavy atom. The van der Waals surface area contributed by atoms with Crippen LogP contribution in [0.3, 0.4) is 0 Å². The summed E-state index contributed by atoms with van der Waals surface area (Å²) in [5, 5.41) is 14.6. The average Bonchev–Trinajstić information content (AvgIpc) is 3.64. The van der Waals surface area contributed by atoms with Crippen molar-refractivity contribution >= 4 is 5.91 Å². The number of fused-ring (bicyclic) bond motifs is 1. The number of nitrogens with one attached hydrogen (secondary N) is 1. The molecule has 2 aromatic rings. The van der Waals surface area contributed by atoms with E-state index in [1.807, 2.05) is 36.4 Å². The number of likely N-dealkylation sites (tertiary alicyclic amines) is 1. The van der Waals surface area contributed by atoms with Crippen LogP contribution in [0.4, 0.5) is 0 Å². The Hall–Kier alpha value is -2.37. The first-order valence-corrected chi connectivity index (χ1v) is 12.0. The van der Waals surface area contributed by atoms with Gasteiger partial charge in [0.25, 0.3) is 5.91 Å². The van der Waals surface area contributed by atoms with Crippen LogP contribution < -0.4 is 10.1 Å². The van der Waals surface area contributed by atoms with Crippen molar-refractivity contribution in [3.05, 3.63) is 65.7 Å². The number of carbonyl (C=O) groups is 1. The molecule has 170 valence electrons. The molecule has 2 N–H and O–H groups in total. The summed E-state index contributed by atoms with van der Waals surface area (Å²) in [6, 6.07) is 17.6. The van der Waals surface area contributed by atoms with Gasteiger partial charge < -0.3 is 20.1 Å². The summed E-state index contributed by atoms with van der Waals surface area (Å²) in [5.41, 5.74) is 1.73. The molecule has 3 aliphatic rings. The number of hydrogen-bond acceptors (Lipinski definition) is 4. The number of hydrogen-bond donors (Lipinski definition) is 2. The van der Waals surface area contributed by atoms with E-state index >= 15 is 0 Å². The summed E-state index contributed by atoms with van der Waals surface area (Å²) in [6.45, 7) is 3.12. The lowest BCUT2D eigenvalue weighted by Gasteiger charge is -2.55. The molecule has 32 heavy (non-hydrogen) atoms. The molecular weight excluding hydrogens is 400 g/mol. The fraction of sp³-hybridized carbons (Fsp3) is 0.519. The highest BCUT2D eigenvalue weighted by atomic mass is 16.5. The summed E-state index contributed by atoms with van der Waals surface area (Å²) >= 11 is 0. The summed E-state index contributed by atoms with van der Waals surface area (Å²) < 4.78 is 5.54. The number of carbonyl (C=O) groups excluding carboxylic acids is 1. The zero-order valence-electron chi connectivity index (χ0n) is 18.9. The van der Waals surface area contributed by atoms with E-state index in [0.717, 1.165) is 44.1 Å². The summed E-state index contributed by atoms with van der Waals surface area (Å²) in [6.07, 6.45) is 4.69. The minimum atomic E-state index is -0.446. The van der Waals surface area contributed by atoms with Gasteiger partial charge in [0.05, 0.1) is 13.2 Å². The highest BCUT2D eigenvalue weighted by Crippen LogP contribution is 2.50. The zero-order chi connectivity index (χ0) is 22.1. The molecule has 2 saturated carbocycles. The van der Waals surface area contributed by atoms with Crippen molar-refractivity contribution in [3.63, 3.8) is 0 Å². The van der Waals surface area contributed by atoms with E-state index in [0.29, 0.717) is 12.0 Å². The first-order valence-electron chi connectivity index (χ1n) is 12.0. The third-order valence-corrected chi connectivity index (χ3v) is 7.87. The number of methoxy groups -OCH3 is 1. The van der Waals surface area contributed by atoms with E-state index in [4.69, 9.17) is 4.74 Å². The molecule has 1 aliphatic heterocycles. The van der Waals surface area contributed by atoms with Crippen molar-refractivity contribution in [2.45, 2.75) is 49.7 Å². The van der Waals surface area contributed by atoms with Gasteiger partial charge in [-0.2, -0.15) is 0 Å². The van der Waals surface area contributed by atoms with Crippen LogP contribution in [-0.4, -0.2) is 54.8 Å². The number of nitrogens with zero attached hydrogens (tertiary/aromatic N) is 1. The molecule has 1 amide bonds. The Morgan fingerprint density at radius 3 is 2.75 bits per heavy atom. The SMILES string of the molecule is COc1cccc(C23CCN(CC4CC4)CC2C(O)CC(NC(=O)c2ccccc2)C3)c1. The second kappa shape index (κ2) is 8.87. The minimum Gasteiger partial charge on any atom is -0.497 e. The van der Waals surface area contributed by atoms with E-state index in [2.05, 4.69) is 28.4 Å². The molecule has 0 bridgehead atoms. The molecule has 5 heteroatoms. The Kier molecular flexibility index (Phi) is 5.95. The van der Waals surface area contributed by atoms with Gasteiger partial charge in [0.2, 0.25) is 0 Å². The molecule has 0 aromatic heterocycles. The standard InChI is InChI=1S/C27H34N2O3/c1-32-23-9-5-8-21(14-23)27-12-13-29(17-19-10-11-19)18-24(27)25(30)15-22(16-27)28-26(31)20-6-3-2-4-7-20/h2-9,14,19,22,24-25,30H,10-13,15-18H2,1H3,(H,28,31). The second-order valence-electron chi connectivity index (χ2n) is 9.99. The first kappa shape index (κ1) is 21.5. The van der Waals surface area contributed by atoms with Crippen LogP contribution >= 0.6 is 0 Å². The third kappa shape index (κ3) is 4.28. The maximum Gasteiger partial charge on any atom is 0.251 e. The zero-order valence-corrected chi connectivity index (χ0v) is 18.9. The Bertz CT molecular complexity index is 945. The predicted octanol–water partition coefficient (Wildman–Crippen LogP) is 3.62. The van der Waals surface area contributed by atoms with Crippen molar-refractivity contribution in [1.29, 1.82) is 0 Å². The van der Waals surface area contributed by atoms with E-state index in [9.17, 15) is 9.90 Å². The number of aliphatic hydroxyl groups is 1. The lowest BCUT2D eigenvalue weighted by atomic mass is 9.57. The van der Waals surface area contributed by atoms with Crippen LogP contribution in [0.25, 0.3) is 0 Å². The van der Waals surface area contributed by atoms with Gasteiger partial charge in [-0.3, -0.25) is 4.79 Å². The van der Waals surface area contributed by atoms with Crippen molar-refractivity contribution in [2.24, 2.45) is 11.8 Å². The molecule has 4 atom stereocenters. The molecule has 1 saturated heterocycles. The number of amides is 1. The third-order valence-electron chi connectivity index (χ3n) is 7.87. The maximum atomic E-state index is 12.9. The van der Waals surface area contributed by atoms with Crippen molar-refractivity contribution in [3.8, 4) is 5.75 Å². The van der Waals surface area contributed by atoms with Crippen molar-refractivity contribution < 1.29 is 14.6 Å². The van der Waals surface area contributed by atoms with Crippen LogP contribution in [0, 0.1) is 11.8 Å². The van der Waals surface area contributed by atoms with E-state index < -0.39 is 6.10 Å². The lowest BCUT2D eigenvalue weighted by Crippen LogP contribution is -2.61. The molecule has 4 unspecified atom stereocenters. The van der Waals surface area contributed by atoms with E-state index in [1.54, 1.807) is 7.11 Å². The molecule has 0 spiro atoms. The molecule has 1 heterocycles. The fourth-order valence-corrected chi connectivity index (χ4v) is 6.02. The molecule has 5 nitrogen and oxygen atoms in total. The van der Waals surface area contributed by atoms with Gasteiger partial charge in [0, 0.05) is 36.0 Å². The second-order valence-corrected chi connectivity index (χ2v) is 9.99. The van der Waals surface area contributed by atoms with E-state index in [-0.39, 0.29) is 23.3 Å². The van der Waals surface area contributed by atoms with Gasteiger partial charge in [0.15, 0.2) is 0 Å². The summed E-state index contributed by atoms with van der Waals surface area (Å²) in [5.74, 6) is 1.79. The van der Waals surface area contributed by atoms with Crippen molar-refractivity contribution in [2.75, 3.05) is 26.7 Å². The topological polar surface area (TPSA) is 61.8 Å². The molecule has 3 fully saturated rings. The Balaban J connectivity index is 1.42. The monoisotopic (exact) mass is 434 g/mol. The number of rotatable bonds is 6. The highest BCUT2D eigenvalue weighted by Gasteiger charge is 2.52. The quantitative estimate of drug-likeness (QED) is 0.729. The molecule has 2 aliphatic carbocycles. The first-order chi connectivity index (χ1) is 15.6. The number of benzene rings is 2. The minimum absolute atomic E-state index is 0.0601. The van der Waals surface area contributed by atoms with Gasteiger partial charge in [-0.25, -0.2) is 0 Å². The van der Waals surface area contributed by atoms with Crippen LogP contribution in [-0.2, 0) is 5.41 Å². The normalized spacial score (nSPS) is 30.4. The van der Waals surface area contributed by atoms with Gasteiger partial charge in [-0.15, -0.1) is 0 Å². The molecular formula is C27H34N2O3. The summed E-state index contributed by atoms with van der Waals surface area (Å²) in [7, 11) is 1.70. The van der Waals surface area contributed by atoms with E-state index in [1.165, 1.54) is 18.4 Å². The number of piperidine rings is 1.